The number of alkyl halides is 1. The summed E-state index contributed by atoms with van der Waals surface area (Å²) in [6, 6.07) is 2.86. The predicted molar refractivity (Wildman–Crippen MR) is 83.0 cm³/mol. The van der Waals surface area contributed by atoms with E-state index in [4.69, 9.17) is 16.7 Å². The van der Waals surface area contributed by atoms with Crippen LogP contribution in [-0.2, 0) is 6.54 Å². The van der Waals surface area contributed by atoms with Crippen LogP contribution >= 0.6 is 11.6 Å². The van der Waals surface area contributed by atoms with Crippen LogP contribution in [-0.4, -0.2) is 33.1 Å². The van der Waals surface area contributed by atoms with Crippen molar-refractivity contribution in [3.63, 3.8) is 0 Å². The van der Waals surface area contributed by atoms with Crippen LogP contribution in [0.3, 0.4) is 0 Å². The third kappa shape index (κ3) is 3.37. The minimum Gasteiger partial charge on any atom is -0.297 e. The molecule has 2 fully saturated rings. The van der Waals surface area contributed by atoms with Gasteiger partial charge >= 0.3 is 0 Å². The van der Waals surface area contributed by atoms with Gasteiger partial charge in [-0.3, -0.25) is 9.58 Å². The van der Waals surface area contributed by atoms with E-state index in [0.29, 0.717) is 17.3 Å². The maximum atomic E-state index is 6.21. The molecule has 1 atom stereocenters. The van der Waals surface area contributed by atoms with Gasteiger partial charge in [0.2, 0.25) is 0 Å². The van der Waals surface area contributed by atoms with E-state index in [9.17, 15) is 0 Å². The molecule has 1 saturated carbocycles. The quantitative estimate of drug-likeness (QED) is 0.787. The van der Waals surface area contributed by atoms with Gasteiger partial charge in [-0.1, -0.05) is 12.8 Å². The Morgan fingerprint density at radius 2 is 1.95 bits per heavy atom. The Morgan fingerprint density at radius 3 is 2.60 bits per heavy atom. The first-order valence-electron chi connectivity index (χ1n) is 8.13. The lowest BCUT2D eigenvalue weighted by molar-refractivity contribution is 0.174. The first-order chi connectivity index (χ1) is 9.72. The summed E-state index contributed by atoms with van der Waals surface area (Å²) in [6.45, 7) is 5.46. The van der Waals surface area contributed by atoms with Crippen molar-refractivity contribution >= 4 is 11.6 Å². The van der Waals surface area contributed by atoms with Gasteiger partial charge in [0.1, 0.15) is 0 Å². The second kappa shape index (κ2) is 6.48. The Labute approximate surface area is 127 Å². The van der Waals surface area contributed by atoms with Gasteiger partial charge in [0.15, 0.2) is 0 Å². The third-order valence-corrected chi connectivity index (χ3v) is 5.39. The van der Waals surface area contributed by atoms with Crippen molar-refractivity contribution in [2.75, 3.05) is 13.1 Å². The molecule has 0 spiro atoms. The molecule has 1 aliphatic heterocycles. The summed E-state index contributed by atoms with van der Waals surface area (Å²) in [4.78, 5) is 2.52. The molecule has 1 unspecified atom stereocenters. The van der Waals surface area contributed by atoms with Gasteiger partial charge in [-0.2, -0.15) is 5.10 Å². The zero-order valence-electron chi connectivity index (χ0n) is 12.5. The number of likely N-dealkylation sites (tertiary alicyclic amines) is 1. The van der Waals surface area contributed by atoms with Crippen LogP contribution in [0.5, 0.6) is 0 Å². The minimum absolute atomic E-state index is 0.318. The van der Waals surface area contributed by atoms with E-state index in [1.54, 1.807) is 0 Å². The molecular weight excluding hydrogens is 270 g/mol. The van der Waals surface area contributed by atoms with Crippen LogP contribution in [0.15, 0.2) is 12.3 Å². The lowest BCUT2D eigenvalue weighted by Crippen LogP contribution is -2.35. The molecule has 3 rings (SSSR count). The highest BCUT2D eigenvalue weighted by Gasteiger charge is 2.23. The van der Waals surface area contributed by atoms with Crippen LogP contribution in [0, 0.1) is 5.92 Å². The Morgan fingerprint density at radius 1 is 1.25 bits per heavy atom. The molecule has 3 nitrogen and oxygen atoms in total. The standard InChI is InChI=1S/C16H26ClN3/c1-13(17)14-6-9-19(10-7-14)12-15-8-11-20(18-15)16-4-2-3-5-16/h8,11,13-14,16H,2-7,9-10,12H2,1H3. The molecule has 1 aliphatic carbocycles. The summed E-state index contributed by atoms with van der Waals surface area (Å²) in [5.41, 5.74) is 1.23. The summed E-state index contributed by atoms with van der Waals surface area (Å²) in [5, 5.41) is 5.11. The zero-order chi connectivity index (χ0) is 13.9. The highest BCUT2D eigenvalue weighted by molar-refractivity contribution is 6.20. The topological polar surface area (TPSA) is 21.1 Å². The molecule has 1 aromatic heterocycles. The normalized spacial score (nSPS) is 24.3. The number of halogens is 1. The molecule has 1 saturated heterocycles. The predicted octanol–water partition coefficient (Wildman–Crippen LogP) is 3.84. The molecule has 0 amide bonds. The van der Waals surface area contributed by atoms with Crippen LogP contribution in [0.25, 0.3) is 0 Å². The Kier molecular flexibility index (Phi) is 4.67. The molecule has 112 valence electrons. The Balaban J connectivity index is 1.51. The second-order valence-corrected chi connectivity index (χ2v) is 7.20. The van der Waals surface area contributed by atoms with E-state index in [1.165, 1.54) is 44.2 Å². The van der Waals surface area contributed by atoms with E-state index >= 15 is 0 Å². The monoisotopic (exact) mass is 295 g/mol. The Bertz CT molecular complexity index is 415. The van der Waals surface area contributed by atoms with Gasteiger partial charge in [-0.25, -0.2) is 0 Å². The smallest absolute Gasteiger partial charge is 0.0764 e. The third-order valence-electron chi connectivity index (χ3n) is 5.03. The highest BCUT2D eigenvalue weighted by Crippen LogP contribution is 2.29. The van der Waals surface area contributed by atoms with Gasteiger partial charge in [0.25, 0.3) is 0 Å². The molecular formula is C16H26ClN3. The van der Waals surface area contributed by atoms with E-state index in [0.717, 1.165) is 19.6 Å². The summed E-state index contributed by atoms with van der Waals surface area (Å²) < 4.78 is 2.20. The molecule has 20 heavy (non-hydrogen) atoms. The molecule has 0 bridgehead atoms. The number of nitrogens with zero attached hydrogens (tertiary/aromatic N) is 3. The lowest BCUT2D eigenvalue weighted by atomic mass is 9.94. The number of rotatable bonds is 4. The maximum Gasteiger partial charge on any atom is 0.0764 e. The summed E-state index contributed by atoms with van der Waals surface area (Å²) >= 11 is 6.21. The van der Waals surface area contributed by atoms with Crippen molar-refractivity contribution < 1.29 is 0 Å². The van der Waals surface area contributed by atoms with Crippen molar-refractivity contribution in [2.45, 2.75) is 63.4 Å². The molecule has 0 N–H and O–H groups in total. The molecule has 0 aromatic carbocycles. The second-order valence-electron chi connectivity index (χ2n) is 6.52. The van der Waals surface area contributed by atoms with Crippen molar-refractivity contribution in [1.29, 1.82) is 0 Å². The molecule has 1 aromatic rings. The van der Waals surface area contributed by atoms with Gasteiger partial charge in [-0.15, -0.1) is 11.6 Å². The fraction of sp³-hybridized carbons (Fsp3) is 0.812. The highest BCUT2D eigenvalue weighted by atomic mass is 35.5. The fourth-order valence-corrected chi connectivity index (χ4v) is 3.89. The molecule has 2 aliphatic rings. The van der Waals surface area contributed by atoms with Crippen LogP contribution in [0.4, 0.5) is 0 Å². The van der Waals surface area contributed by atoms with Crippen molar-refractivity contribution in [2.24, 2.45) is 5.92 Å². The van der Waals surface area contributed by atoms with E-state index in [2.05, 4.69) is 28.8 Å². The van der Waals surface area contributed by atoms with Crippen LogP contribution in [0.2, 0.25) is 0 Å². The minimum atomic E-state index is 0.318. The summed E-state index contributed by atoms with van der Waals surface area (Å²) in [5.74, 6) is 0.698. The first kappa shape index (κ1) is 14.4. The van der Waals surface area contributed by atoms with Gasteiger partial charge in [-0.05, 0) is 57.7 Å². The van der Waals surface area contributed by atoms with Crippen LogP contribution in [0.1, 0.15) is 57.2 Å². The summed E-state index contributed by atoms with van der Waals surface area (Å²) in [7, 11) is 0. The summed E-state index contributed by atoms with van der Waals surface area (Å²) in [6.07, 6.45) is 9.98. The average Bonchev–Trinajstić information content (AvgIpc) is 3.09. The first-order valence-corrected chi connectivity index (χ1v) is 8.56. The van der Waals surface area contributed by atoms with Gasteiger partial charge < -0.3 is 0 Å². The lowest BCUT2D eigenvalue weighted by Gasteiger charge is -2.32. The van der Waals surface area contributed by atoms with Crippen LogP contribution < -0.4 is 0 Å². The van der Waals surface area contributed by atoms with Gasteiger partial charge in [0, 0.05) is 18.1 Å². The SMILES string of the molecule is CC(Cl)C1CCN(Cc2ccn(C3CCCC3)n2)CC1. The van der Waals surface area contributed by atoms with Crippen molar-refractivity contribution in [1.82, 2.24) is 14.7 Å². The van der Waals surface area contributed by atoms with E-state index in [-0.39, 0.29) is 0 Å². The Hall–Kier alpha value is -0.540. The molecule has 4 heteroatoms. The average molecular weight is 296 g/mol. The maximum absolute atomic E-state index is 6.21. The van der Waals surface area contributed by atoms with Crippen molar-refractivity contribution in [3.8, 4) is 0 Å². The number of hydrogen-bond acceptors (Lipinski definition) is 2. The number of aromatic nitrogens is 2. The zero-order valence-corrected chi connectivity index (χ0v) is 13.2. The van der Waals surface area contributed by atoms with Gasteiger partial charge in [0.05, 0.1) is 11.7 Å². The fourth-order valence-electron chi connectivity index (χ4n) is 3.63. The number of hydrogen-bond donors (Lipinski definition) is 0. The van der Waals surface area contributed by atoms with Crippen molar-refractivity contribution in [3.05, 3.63) is 18.0 Å². The number of piperidine rings is 1. The van der Waals surface area contributed by atoms with E-state index < -0.39 is 0 Å². The molecule has 2 heterocycles. The molecule has 0 radical (unpaired) electrons. The largest absolute Gasteiger partial charge is 0.297 e. The van der Waals surface area contributed by atoms with E-state index in [1.807, 2.05) is 0 Å².